The van der Waals surface area contributed by atoms with Crippen molar-refractivity contribution in [2.75, 3.05) is 0 Å². The zero-order valence-corrected chi connectivity index (χ0v) is 8.47. The molecule has 0 atom stereocenters. The van der Waals surface area contributed by atoms with Crippen LogP contribution >= 0.6 is 22.6 Å². The number of aryl methyl sites for hydroxylation is 1. The number of halogens is 1. The Morgan fingerprint density at radius 1 is 1.50 bits per heavy atom. The molecule has 10 heavy (non-hydrogen) atoms. The summed E-state index contributed by atoms with van der Waals surface area (Å²) in [4.78, 5) is 4.23. The predicted octanol–water partition coefficient (Wildman–Crippen LogP) is 2.71. The minimum atomic E-state index is 0.465. The van der Waals surface area contributed by atoms with Crippen LogP contribution in [0, 0.1) is 10.8 Å². The standard InChI is InChI=1S/C7H10INO/c1-4(2)6-5(3)10-7(8)9-6/h4H,1-3H3. The zero-order valence-electron chi connectivity index (χ0n) is 6.31. The third-order valence-corrected chi connectivity index (χ3v) is 1.81. The Labute approximate surface area is 74.2 Å². The summed E-state index contributed by atoms with van der Waals surface area (Å²) >= 11 is 2.08. The molecule has 0 saturated heterocycles. The minimum Gasteiger partial charge on any atom is -0.437 e. The number of rotatable bonds is 1. The second-order valence-corrected chi connectivity index (χ2v) is 3.49. The van der Waals surface area contributed by atoms with E-state index in [9.17, 15) is 0 Å². The van der Waals surface area contributed by atoms with Crippen LogP contribution in [-0.2, 0) is 0 Å². The van der Waals surface area contributed by atoms with Crippen molar-refractivity contribution in [1.82, 2.24) is 4.98 Å². The molecule has 2 nitrogen and oxygen atoms in total. The molecule has 1 aromatic heterocycles. The Hall–Kier alpha value is -0.0600. The van der Waals surface area contributed by atoms with Crippen molar-refractivity contribution in [1.29, 1.82) is 0 Å². The second-order valence-electron chi connectivity index (χ2n) is 2.56. The highest BCUT2D eigenvalue weighted by atomic mass is 127. The molecule has 0 spiro atoms. The van der Waals surface area contributed by atoms with Crippen molar-refractivity contribution in [2.24, 2.45) is 0 Å². The van der Waals surface area contributed by atoms with Gasteiger partial charge in [0.2, 0.25) is 0 Å². The maximum Gasteiger partial charge on any atom is 0.257 e. The summed E-state index contributed by atoms with van der Waals surface area (Å²) in [7, 11) is 0. The first-order chi connectivity index (χ1) is 4.61. The number of oxazole rings is 1. The van der Waals surface area contributed by atoms with Gasteiger partial charge in [0.25, 0.3) is 3.90 Å². The van der Waals surface area contributed by atoms with Crippen LogP contribution in [-0.4, -0.2) is 4.98 Å². The summed E-state index contributed by atoms with van der Waals surface area (Å²) in [5.41, 5.74) is 1.07. The largest absolute Gasteiger partial charge is 0.437 e. The van der Waals surface area contributed by atoms with Crippen LogP contribution in [0.25, 0.3) is 0 Å². The molecule has 1 heterocycles. The van der Waals surface area contributed by atoms with Gasteiger partial charge in [0.15, 0.2) is 0 Å². The van der Waals surface area contributed by atoms with E-state index in [0.29, 0.717) is 5.92 Å². The lowest BCUT2D eigenvalue weighted by Gasteiger charge is -1.97. The van der Waals surface area contributed by atoms with Crippen molar-refractivity contribution < 1.29 is 4.42 Å². The lowest BCUT2D eigenvalue weighted by molar-refractivity contribution is 0.494. The van der Waals surface area contributed by atoms with Crippen molar-refractivity contribution in [3.05, 3.63) is 15.4 Å². The molecule has 0 bridgehead atoms. The summed E-state index contributed by atoms with van der Waals surface area (Å²) in [5.74, 6) is 1.41. The third kappa shape index (κ3) is 1.51. The first-order valence-electron chi connectivity index (χ1n) is 3.24. The second kappa shape index (κ2) is 2.90. The van der Waals surface area contributed by atoms with E-state index >= 15 is 0 Å². The smallest absolute Gasteiger partial charge is 0.257 e. The Morgan fingerprint density at radius 2 is 2.10 bits per heavy atom. The van der Waals surface area contributed by atoms with Gasteiger partial charge in [-0.3, -0.25) is 0 Å². The summed E-state index contributed by atoms with van der Waals surface area (Å²) < 4.78 is 5.99. The van der Waals surface area contributed by atoms with Crippen molar-refractivity contribution >= 4 is 22.6 Å². The monoisotopic (exact) mass is 251 g/mol. The van der Waals surface area contributed by atoms with Gasteiger partial charge in [0.05, 0.1) is 5.69 Å². The van der Waals surface area contributed by atoms with Gasteiger partial charge >= 0.3 is 0 Å². The fourth-order valence-corrected chi connectivity index (χ4v) is 1.50. The Kier molecular flexibility index (Phi) is 2.33. The molecule has 0 aliphatic carbocycles. The van der Waals surface area contributed by atoms with E-state index in [1.54, 1.807) is 0 Å². The topological polar surface area (TPSA) is 26.0 Å². The van der Waals surface area contributed by atoms with E-state index in [-0.39, 0.29) is 0 Å². The quantitative estimate of drug-likeness (QED) is 0.717. The molecule has 0 aromatic carbocycles. The average molecular weight is 251 g/mol. The molecule has 0 N–H and O–H groups in total. The molecule has 3 heteroatoms. The normalized spacial score (nSPS) is 10.9. The predicted molar refractivity (Wildman–Crippen MR) is 48.0 cm³/mol. The molecule has 0 aliphatic rings. The molecule has 0 fully saturated rings. The van der Waals surface area contributed by atoms with Crippen LogP contribution in [0.5, 0.6) is 0 Å². The van der Waals surface area contributed by atoms with Crippen LogP contribution in [0.3, 0.4) is 0 Å². The highest BCUT2D eigenvalue weighted by Gasteiger charge is 2.09. The maximum absolute atomic E-state index is 5.25. The fraction of sp³-hybridized carbons (Fsp3) is 0.571. The molecule has 0 unspecified atom stereocenters. The van der Waals surface area contributed by atoms with Crippen molar-refractivity contribution in [3.8, 4) is 0 Å². The molecule has 0 amide bonds. The van der Waals surface area contributed by atoms with Crippen LogP contribution < -0.4 is 0 Å². The Morgan fingerprint density at radius 3 is 2.30 bits per heavy atom. The van der Waals surface area contributed by atoms with E-state index in [2.05, 4.69) is 41.4 Å². The first-order valence-corrected chi connectivity index (χ1v) is 4.32. The molecular weight excluding hydrogens is 241 g/mol. The summed E-state index contributed by atoms with van der Waals surface area (Å²) in [5, 5.41) is 0. The summed E-state index contributed by atoms with van der Waals surface area (Å²) in [6.07, 6.45) is 0. The first kappa shape index (κ1) is 8.04. The van der Waals surface area contributed by atoms with Gasteiger partial charge in [-0.15, -0.1) is 0 Å². The third-order valence-electron chi connectivity index (χ3n) is 1.35. The molecule has 1 aromatic rings. The van der Waals surface area contributed by atoms with Crippen LogP contribution in [0.2, 0.25) is 0 Å². The molecule has 0 saturated carbocycles. The number of aromatic nitrogens is 1. The van der Waals surface area contributed by atoms with Crippen LogP contribution in [0.15, 0.2) is 4.42 Å². The van der Waals surface area contributed by atoms with E-state index in [4.69, 9.17) is 4.42 Å². The molecule has 0 aliphatic heterocycles. The van der Waals surface area contributed by atoms with E-state index in [1.807, 2.05) is 6.92 Å². The van der Waals surface area contributed by atoms with Gasteiger partial charge in [-0.2, -0.15) is 0 Å². The summed E-state index contributed by atoms with van der Waals surface area (Å²) in [6, 6.07) is 0. The molecule has 56 valence electrons. The number of hydrogen-bond donors (Lipinski definition) is 0. The lowest BCUT2D eigenvalue weighted by atomic mass is 10.1. The van der Waals surface area contributed by atoms with Gasteiger partial charge in [-0.1, -0.05) is 13.8 Å². The Balaban J connectivity index is 3.03. The van der Waals surface area contributed by atoms with Gasteiger partial charge in [0, 0.05) is 22.6 Å². The Bertz CT molecular complexity index is 230. The van der Waals surface area contributed by atoms with Gasteiger partial charge in [-0.25, -0.2) is 4.98 Å². The summed E-state index contributed by atoms with van der Waals surface area (Å²) in [6.45, 7) is 6.17. The minimum absolute atomic E-state index is 0.465. The van der Waals surface area contributed by atoms with Gasteiger partial charge < -0.3 is 4.42 Å². The number of hydrogen-bond acceptors (Lipinski definition) is 2. The number of nitrogens with zero attached hydrogens (tertiary/aromatic N) is 1. The molecule has 1 rings (SSSR count). The molecular formula is C7H10INO. The van der Waals surface area contributed by atoms with Crippen LogP contribution in [0.1, 0.15) is 31.2 Å². The fourth-order valence-electron chi connectivity index (χ4n) is 0.910. The van der Waals surface area contributed by atoms with Crippen molar-refractivity contribution in [3.63, 3.8) is 0 Å². The highest BCUT2D eigenvalue weighted by Crippen LogP contribution is 2.19. The average Bonchev–Trinajstić information content (AvgIpc) is 2.10. The van der Waals surface area contributed by atoms with Crippen LogP contribution in [0.4, 0.5) is 0 Å². The van der Waals surface area contributed by atoms with Gasteiger partial charge in [-0.05, 0) is 12.8 Å². The SMILES string of the molecule is Cc1oc(I)nc1C(C)C. The van der Waals surface area contributed by atoms with E-state index in [0.717, 1.165) is 15.4 Å². The van der Waals surface area contributed by atoms with Crippen molar-refractivity contribution in [2.45, 2.75) is 26.7 Å². The maximum atomic E-state index is 5.25. The lowest BCUT2D eigenvalue weighted by Crippen LogP contribution is -1.89. The van der Waals surface area contributed by atoms with E-state index in [1.165, 1.54) is 0 Å². The zero-order chi connectivity index (χ0) is 7.72. The molecule has 0 radical (unpaired) electrons. The highest BCUT2D eigenvalue weighted by molar-refractivity contribution is 14.1. The van der Waals surface area contributed by atoms with E-state index < -0.39 is 0 Å². The van der Waals surface area contributed by atoms with Gasteiger partial charge in [0.1, 0.15) is 5.76 Å².